The molecule has 1 aromatic carbocycles. The van der Waals surface area contributed by atoms with Gasteiger partial charge >= 0.3 is 5.97 Å². The molecule has 1 saturated heterocycles. The summed E-state index contributed by atoms with van der Waals surface area (Å²) in [6, 6.07) is 4.76. The molecule has 1 N–H and O–H groups in total. The number of rotatable bonds is 3. The number of carboxylic acid groups (broad SMARTS) is 1. The molecule has 1 heterocycles. The molecule has 1 aromatic rings. The van der Waals surface area contributed by atoms with Crippen LogP contribution < -0.4 is 0 Å². The molecular formula is C12H7Cl2NO4S. The average Bonchev–Trinajstić information content (AvgIpc) is 2.61. The molecule has 20 heavy (non-hydrogen) atoms. The maximum Gasteiger partial charge on any atom is 0.323 e. The van der Waals surface area contributed by atoms with Crippen LogP contribution in [-0.2, 0) is 9.59 Å². The van der Waals surface area contributed by atoms with Gasteiger partial charge < -0.3 is 5.11 Å². The molecule has 0 bridgehead atoms. The summed E-state index contributed by atoms with van der Waals surface area (Å²) in [5, 5.41) is 8.74. The second-order valence-electron chi connectivity index (χ2n) is 3.84. The van der Waals surface area contributed by atoms with Crippen LogP contribution in [-0.4, -0.2) is 33.7 Å². The topological polar surface area (TPSA) is 74.7 Å². The number of hydrogen-bond acceptors (Lipinski definition) is 4. The fourth-order valence-corrected chi connectivity index (χ4v) is 2.67. The molecule has 104 valence electrons. The van der Waals surface area contributed by atoms with E-state index in [4.69, 9.17) is 28.3 Å². The van der Waals surface area contributed by atoms with Gasteiger partial charge in [0.1, 0.15) is 6.54 Å². The fourth-order valence-electron chi connectivity index (χ4n) is 1.53. The molecule has 1 aliphatic rings. The summed E-state index contributed by atoms with van der Waals surface area (Å²) in [6.45, 7) is -0.649. The van der Waals surface area contributed by atoms with E-state index in [9.17, 15) is 14.4 Å². The number of halogens is 2. The molecule has 0 aromatic heterocycles. The molecule has 5 nitrogen and oxygen atoms in total. The Kier molecular flexibility index (Phi) is 4.37. The van der Waals surface area contributed by atoms with Crippen molar-refractivity contribution in [3.8, 4) is 0 Å². The maximum absolute atomic E-state index is 11.9. The van der Waals surface area contributed by atoms with E-state index in [0.717, 1.165) is 0 Å². The van der Waals surface area contributed by atoms with E-state index in [1.165, 1.54) is 6.08 Å². The van der Waals surface area contributed by atoms with Crippen molar-refractivity contribution >= 4 is 58.2 Å². The van der Waals surface area contributed by atoms with Gasteiger partial charge in [0.2, 0.25) is 0 Å². The number of hydrogen-bond donors (Lipinski definition) is 1. The van der Waals surface area contributed by atoms with Gasteiger partial charge in [-0.3, -0.25) is 19.3 Å². The van der Waals surface area contributed by atoms with Crippen LogP contribution in [0.5, 0.6) is 0 Å². The zero-order chi connectivity index (χ0) is 14.9. The summed E-state index contributed by atoms with van der Waals surface area (Å²) < 4.78 is 0. The van der Waals surface area contributed by atoms with Gasteiger partial charge in [-0.2, -0.15) is 0 Å². The third-order valence-corrected chi connectivity index (χ3v) is 4.05. The molecule has 0 saturated carbocycles. The zero-order valence-corrected chi connectivity index (χ0v) is 12.1. The third-order valence-electron chi connectivity index (χ3n) is 2.41. The first-order valence-corrected chi connectivity index (χ1v) is 6.88. The summed E-state index contributed by atoms with van der Waals surface area (Å²) >= 11 is 12.3. The number of amides is 2. The lowest BCUT2D eigenvalue weighted by molar-refractivity contribution is -0.140. The summed E-state index contributed by atoms with van der Waals surface area (Å²) in [7, 11) is 0. The average molecular weight is 332 g/mol. The minimum atomic E-state index is -1.25. The number of carbonyl (C=O) groups excluding carboxylic acids is 2. The number of imide groups is 1. The van der Waals surface area contributed by atoms with Gasteiger partial charge in [0.15, 0.2) is 0 Å². The van der Waals surface area contributed by atoms with Gasteiger partial charge in [0.05, 0.1) is 15.0 Å². The minimum Gasteiger partial charge on any atom is -0.480 e. The molecule has 2 amide bonds. The van der Waals surface area contributed by atoms with Crippen molar-refractivity contribution in [3.05, 3.63) is 38.7 Å². The molecular weight excluding hydrogens is 325 g/mol. The van der Waals surface area contributed by atoms with Gasteiger partial charge in [-0.1, -0.05) is 29.3 Å². The van der Waals surface area contributed by atoms with Crippen molar-refractivity contribution in [1.82, 2.24) is 4.90 Å². The predicted molar refractivity (Wildman–Crippen MR) is 76.8 cm³/mol. The third kappa shape index (κ3) is 3.15. The van der Waals surface area contributed by atoms with E-state index in [0.29, 0.717) is 32.3 Å². The van der Waals surface area contributed by atoms with Gasteiger partial charge in [-0.15, -0.1) is 0 Å². The van der Waals surface area contributed by atoms with Crippen LogP contribution in [0, 0.1) is 0 Å². The highest BCUT2D eigenvalue weighted by Gasteiger charge is 2.36. The Morgan fingerprint density at radius 1 is 1.30 bits per heavy atom. The van der Waals surface area contributed by atoms with Crippen LogP contribution in [0.15, 0.2) is 23.1 Å². The van der Waals surface area contributed by atoms with Crippen LogP contribution in [0.3, 0.4) is 0 Å². The molecule has 8 heteroatoms. The smallest absolute Gasteiger partial charge is 0.323 e. The number of carbonyl (C=O) groups is 3. The van der Waals surface area contributed by atoms with Crippen molar-refractivity contribution < 1.29 is 19.5 Å². The van der Waals surface area contributed by atoms with Crippen molar-refractivity contribution in [2.24, 2.45) is 0 Å². The largest absolute Gasteiger partial charge is 0.480 e. The van der Waals surface area contributed by atoms with Crippen LogP contribution >= 0.6 is 35.0 Å². The monoisotopic (exact) mass is 331 g/mol. The Balaban J connectivity index is 2.27. The van der Waals surface area contributed by atoms with Crippen molar-refractivity contribution in [3.63, 3.8) is 0 Å². The number of aliphatic carboxylic acids is 1. The van der Waals surface area contributed by atoms with Gasteiger partial charge in [-0.05, 0) is 35.5 Å². The quantitative estimate of drug-likeness (QED) is 0.861. The van der Waals surface area contributed by atoms with Crippen LogP contribution in [0.1, 0.15) is 5.56 Å². The molecule has 0 unspecified atom stereocenters. The highest BCUT2D eigenvalue weighted by atomic mass is 35.5. The number of thioether (sulfide) groups is 1. The predicted octanol–water partition coefficient (Wildman–Crippen LogP) is 3.11. The maximum atomic E-state index is 11.9. The molecule has 0 atom stereocenters. The number of nitrogens with zero attached hydrogens (tertiary/aromatic N) is 1. The van der Waals surface area contributed by atoms with Crippen LogP contribution in [0.4, 0.5) is 4.79 Å². The first-order chi connectivity index (χ1) is 9.38. The van der Waals surface area contributed by atoms with E-state index in [1.54, 1.807) is 18.2 Å². The molecule has 0 spiro atoms. The highest BCUT2D eigenvalue weighted by Crippen LogP contribution is 2.33. The second kappa shape index (κ2) is 5.87. The summed E-state index contributed by atoms with van der Waals surface area (Å²) in [5.41, 5.74) is 0.597. The Bertz CT molecular complexity index is 644. The standard InChI is InChI=1S/C12H7Cl2NO4S/c13-7-2-1-6(3-8(7)14)4-9-11(18)15(5-10(16)17)12(19)20-9/h1-4H,5H2,(H,16,17)/b9-4+. The number of benzene rings is 1. The van der Waals surface area contributed by atoms with E-state index >= 15 is 0 Å². The van der Waals surface area contributed by atoms with E-state index in [-0.39, 0.29) is 4.91 Å². The number of carboxylic acids is 1. The van der Waals surface area contributed by atoms with E-state index in [1.807, 2.05) is 0 Å². The Morgan fingerprint density at radius 2 is 2.00 bits per heavy atom. The fraction of sp³-hybridized carbons (Fsp3) is 0.0833. The molecule has 0 radical (unpaired) electrons. The summed E-state index contributed by atoms with van der Waals surface area (Å²) in [4.78, 5) is 34.9. The summed E-state index contributed by atoms with van der Waals surface area (Å²) in [6.07, 6.45) is 1.47. The minimum absolute atomic E-state index is 0.148. The zero-order valence-electron chi connectivity index (χ0n) is 9.80. The SMILES string of the molecule is O=C(O)CN1C(=O)S/C(=C/c2ccc(Cl)c(Cl)c2)C1=O. The van der Waals surface area contributed by atoms with Gasteiger partial charge in [-0.25, -0.2) is 0 Å². The van der Waals surface area contributed by atoms with Crippen LogP contribution in [0.25, 0.3) is 6.08 Å². The lowest BCUT2D eigenvalue weighted by Crippen LogP contribution is -2.33. The lowest BCUT2D eigenvalue weighted by Gasteiger charge is -2.07. The highest BCUT2D eigenvalue weighted by molar-refractivity contribution is 8.18. The van der Waals surface area contributed by atoms with E-state index in [2.05, 4.69) is 0 Å². The van der Waals surface area contributed by atoms with Gasteiger partial charge in [0, 0.05) is 0 Å². The summed E-state index contributed by atoms with van der Waals surface area (Å²) in [5.74, 6) is -1.88. The molecule has 1 aliphatic heterocycles. The first kappa shape index (κ1) is 14.9. The first-order valence-electron chi connectivity index (χ1n) is 5.30. The Hall–Kier alpha value is -1.50. The lowest BCUT2D eigenvalue weighted by atomic mass is 10.2. The van der Waals surface area contributed by atoms with Crippen LogP contribution in [0.2, 0.25) is 10.0 Å². The molecule has 1 fully saturated rings. The van der Waals surface area contributed by atoms with Crippen molar-refractivity contribution in [2.45, 2.75) is 0 Å². The molecule has 0 aliphatic carbocycles. The molecule has 2 rings (SSSR count). The normalized spacial score (nSPS) is 17.1. The van der Waals surface area contributed by atoms with Crippen molar-refractivity contribution in [1.29, 1.82) is 0 Å². The van der Waals surface area contributed by atoms with Gasteiger partial charge in [0.25, 0.3) is 11.1 Å². The Labute approximate surface area is 128 Å². The van der Waals surface area contributed by atoms with E-state index < -0.39 is 23.7 Å². The Morgan fingerprint density at radius 3 is 2.60 bits per heavy atom. The van der Waals surface area contributed by atoms with Crippen molar-refractivity contribution in [2.75, 3.05) is 6.54 Å². The second-order valence-corrected chi connectivity index (χ2v) is 5.64.